The van der Waals surface area contributed by atoms with Crippen LogP contribution in [0, 0.1) is 0 Å². The molecule has 0 aliphatic rings. The molecule has 128 valence electrons. The minimum absolute atomic E-state index is 0.0122. The van der Waals surface area contributed by atoms with Crippen LogP contribution in [0.4, 0.5) is 10.5 Å². The summed E-state index contributed by atoms with van der Waals surface area (Å²) in [4.78, 5) is 23.9. The molecule has 0 bridgehead atoms. The molecule has 1 heterocycles. The lowest BCUT2D eigenvalue weighted by Gasteiger charge is -2.19. The largest absolute Gasteiger partial charge is 0.477 e. The third-order valence-corrected chi connectivity index (χ3v) is 4.46. The van der Waals surface area contributed by atoms with Crippen LogP contribution in [-0.2, 0) is 4.74 Å². The third-order valence-electron chi connectivity index (χ3n) is 2.76. The fraction of sp³-hybridized carbons (Fsp3) is 0.250. The number of hydrogen-bond donors (Lipinski definition) is 2. The van der Waals surface area contributed by atoms with E-state index in [1.807, 2.05) is 0 Å². The van der Waals surface area contributed by atoms with Gasteiger partial charge in [0.15, 0.2) is 0 Å². The molecular formula is C16H15Cl2NO4S. The molecule has 0 spiro atoms. The number of hydrogen-bond acceptors (Lipinski definition) is 4. The van der Waals surface area contributed by atoms with E-state index in [2.05, 4.69) is 5.32 Å². The molecule has 0 saturated carbocycles. The second kappa shape index (κ2) is 7.01. The zero-order valence-corrected chi connectivity index (χ0v) is 15.5. The van der Waals surface area contributed by atoms with Crippen LogP contribution in [0.15, 0.2) is 24.3 Å². The number of rotatable bonds is 3. The Kier molecular flexibility index (Phi) is 5.42. The number of thiophene rings is 1. The highest BCUT2D eigenvalue weighted by molar-refractivity contribution is 7.18. The topological polar surface area (TPSA) is 75.6 Å². The number of carboxylic acid groups (broad SMARTS) is 1. The van der Waals surface area contributed by atoms with Crippen molar-refractivity contribution in [2.75, 3.05) is 5.32 Å². The van der Waals surface area contributed by atoms with Gasteiger partial charge in [-0.3, -0.25) is 5.32 Å². The molecule has 0 atom stereocenters. The van der Waals surface area contributed by atoms with Crippen molar-refractivity contribution >= 4 is 52.3 Å². The van der Waals surface area contributed by atoms with Gasteiger partial charge in [0.05, 0.1) is 10.7 Å². The molecule has 0 unspecified atom stereocenters. The average Bonchev–Trinajstić information content (AvgIpc) is 2.79. The van der Waals surface area contributed by atoms with Gasteiger partial charge in [-0.2, -0.15) is 0 Å². The molecule has 5 nitrogen and oxygen atoms in total. The maximum atomic E-state index is 11.9. The lowest BCUT2D eigenvalue weighted by atomic mass is 10.2. The predicted molar refractivity (Wildman–Crippen MR) is 96.6 cm³/mol. The summed E-state index contributed by atoms with van der Waals surface area (Å²) in [5, 5.41) is 12.7. The van der Waals surface area contributed by atoms with Gasteiger partial charge in [0.1, 0.15) is 10.5 Å². The first-order valence-corrected chi connectivity index (χ1v) is 8.46. The maximum Gasteiger partial charge on any atom is 0.412 e. The van der Waals surface area contributed by atoms with Gasteiger partial charge in [0.25, 0.3) is 0 Å². The first-order chi connectivity index (χ1) is 11.1. The highest BCUT2D eigenvalue weighted by Gasteiger charge is 2.22. The van der Waals surface area contributed by atoms with Crippen LogP contribution in [0.3, 0.4) is 0 Å². The number of amides is 1. The molecule has 1 aromatic carbocycles. The van der Waals surface area contributed by atoms with E-state index in [0.29, 0.717) is 20.5 Å². The highest BCUT2D eigenvalue weighted by Crippen LogP contribution is 2.39. The number of carboxylic acids is 1. The van der Waals surface area contributed by atoms with E-state index in [9.17, 15) is 14.7 Å². The van der Waals surface area contributed by atoms with Crippen LogP contribution < -0.4 is 5.32 Å². The lowest BCUT2D eigenvalue weighted by Crippen LogP contribution is -2.27. The quantitative estimate of drug-likeness (QED) is 0.700. The zero-order valence-electron chi connectivity index (χ0n) is 13.1. The van der Waals surface area contributed by atoms with Crippen LogP contribution >= 0.6 is 34.5 Å². The number of carbonyl (C=O) groups excluding carboxylic acids is 1. The predicted octanol–water partition coefficient (Wildman–Crippen LogP) is 5.77. The Bertz CT molecular complexity index is 796. The van der Waals surface area contributed by atoms with Crippen LogP contribution in [0.2, 0.25) is 10.0 Å². The summed E-state index contributed by atoms with van der Waals surface area (Å²) in [5.74, 6) is -1.15. The second-order valence-electron chi connectivity index (χ2n) is 5.91. The Balaban J connectivity index is 2.37. The van der Waals surface area contributed by atoms with Crippen molar-refractivity contribution in [2.24, 2.45) is 0 Å². The van der Waals surface area contributed by atoms with E-state index in [0.717, 1.165) is 11.3 Å². The summed E-state index contributed by atoms with van der Waals surface area (Å²) in [5.41, 5.74) is 0.0970. The molecule has 2 aromatic rings. The van der Waals surface area contributed by atoms with Crippen molar-refractivity contribution in [1.82, 2.24) is 0 Å². The van der Waals surface area contributed by atoms with E-state index >= 15 is 0 Å². The van der Waals surface area contributed by atoms with E-state index < -0.39 is 17.7 Å². The van der Waals surface area contributed by atoms with E-state index in [1.54, 1.807) is 45.0 Å². The number of ether oxygens (including phenoxy) is 1. The summed E-state index contributed by atoms with van der Waals surface area (Å²) >= 11 is 13.0. The SMILES string of the molecule is CC(C)(C)OC(=O)Nc1cc(-c2ccc(Cl)cc2Cl)sc1C(=O)O. The Morgan fingerprint density at radius 2 is 1.88 bits per heavy atom. The van der Waals surface area contributed by atoms with Gasteiger partial charge in [0, 0.05) is 15.5 Å². The number of carbonyl (C=O) groups is 2. The van der Waals surface area contributed by atoms with Crippen molar-refractivity contribution in [2.45, 2.75) is 26.4 Å². The van der Waals surface area contributed by atoms with E-state index in [4.69, 9.17) is 27.9 Å². The number of halogens is 2. The van der Waals surface area contributed by atoms with Crippen LogP contribution in [-0.4, -0.2) is 22.8 Å². The van der Waals surface area contributed by atoms with Gasteiger partial charge >= 0.3 is 12.1 Å². The van der Waals surface area contributed by atoms with Gasteiger partial charge in [-0.25, -0.2) is 9.59 Å². The van der Waals surface area contributed by atoms with Gasteiger partial charge < -0.3 is 9.84 Å². The molecule has 1 amide bonds. The maximum absolute atomic E-state index is 11.9. The van der Waals surface area contributed by atoms with Gasteiger partial charge in [-0.15, -0.1) is 11.3 Å². The average molecular weight is 388 g/mol. The first kappa shape index (κ1) is 18.6. The molecule has 0 radical (unpaired) electrons. The molecule has 2 N–H and O–H groups in total. The second-order valence-corrected chi connectivity index (χ2v) is 7.81. The van der Waals surface area contributed by atoms with Gasteiger partial charge in [0.2, 0.25) is 0 Å². The molecule has 0 aliphatic heterocycles. The number of benzene rings is 1. The fourth-order valence-electron chi connectivity index (χ4n) is 1.88. The van der Waals surface area contributed by atoms with Crippen molar-refractivity contribution in [3.05, 3.63) is 39.2 Å². The number of aromatic carboxylic acids is 1. The first-order valence-electron chi connectivity index (χ1n) is 6.89. The van der Waals surface area contributed by atoms with Crippen molar-refractivity contribution in [3.8, 4) is 10.4 Å². The monoisotopic (exact) mass is 387 g/mol. The molecule has 1 aromatic heterocycles. The molecule has 8 heteroatoms. The minimum atomic E-state index is -1.15. The van der Waals surface area contributed by atoms with Crippen LogP contribution in [0.25, 0.3) is 10.4 Å². The van der Waals surface area contributed by atoms with Crippen molar-refractivity contribution in [1.29, 1.82) is 0 Å². The Morgan fingerprint density at radius 1 is 1.21 bits per heavy atom. The molecule has 2 rings (SSSR count). The van der Waals surface area contributed by atoms with E-state index in [1.165, 1.54) is 0 Å². The summed E-state index contributed by atoms with van der Waals surface area (Å²) in [7, 11) is 0. The van der Waals surface area contributed by atoms with Crippen molar-refractivity contribution < 1.29 is 19.4 Å². The highest BCUT2D eigenvalue weighted by atomic mass is 35.5. The summed E-state index contributed by atoms with van der Waals surface area (Å²) in [6.45, 7) is 5.16. The third kappa shape index (κ3) is 4.63. The molecule has 0 saturated heterocycles. The summed E-state index contributed by atoms with van der Waals surface area (Å²) in [6, 6.07) is 6.47. The normalized spacial score (nSPS) is 11.2. The Hall–Kier alpha value is -1.76. The van der Waals surface area contributed by atoms with Crippen molar-refractivity contribution in [3.63, 3.8) is 0 Å². The van der Waals surface area contributed by atoms with Crippen LogP contribution in [0.1, 0.15) is 30.4 Å². The standard InChI is InChI=1S/C16H15Cl2NO4S/c1-16(2,3)23-15(22)19-11-7-12(24-13(11)14(20)21)9-5-4-8(17)6-10(9)18/h4-7H,1-3H3,(H,19,22)(H,20,21). The summed E-state index contributed by atoms with van der Waals surface area (Å²) < 4.78 is 5.15. The lowest BCUT2D eigenvalue weighted by molar-refractivity contribution is 0.0636. The minimum Gasteiger partial charge on any atom is -0.477 e. The van der Waals surface area contributed by atoms with Gasteiger partial charge in [-0.1, -0.05) is 29.3 Å². The number of anilines is 1. The number of nitrogens with one attached hydrogen (secondary N) is 1. The molecule has 0 aliphatic carbocycles. The Labute approximate surface area is 153 Å². The fourth-order valence-corrected chi connectivity index (χ4v) is 3.44. The molecular weight excluding hydrogens is 373 g/mol. The zero-order chi connectivity index (χ0) is 18.1. The molecule has 24 heavy (non-hydrogen) atoms. The Morgan fingerprint density at radius 3 is 2.42 bits per heavy atom. The van der Waals surface area contributed by atoms with Crippen LogP contribution in [0.5, 0.6) is 0 Å². The molecule has 0 fully saturated rings. The van der Waals surface area contributed by atoms with Gasteiger partial charge in [-0.05, 0) is 39.0 Å². The summed E-state index contributed by atoms with van der Waals surface area (Å²) in [6.07, 6.45) is -0.725. The van der Waals surface area contributed by atoms with E-state index in [-0.39, 0.29) is 10.6 Å². The smallest absolute Gasteiger partial charge is 0.412 e.